The minimum absolute atomic E-state index is 0.0194. The van der Waals surface area contributed by atoms with E-state index in [1.807, 2.05) is 25.2 Å². The molecule has 1 unspecified atom stereocenters. The van der Waals surface area contributed by atoms with Gasteiger partial charge < -0.3 is 15.3 Å². The fourth-order valence-corrected chi connectivity index (χ4v) is 3.01. The molecule has 0 spiro atoms. The van der Waals surface area contributed by atoms with Gasteiger partial charge in [-0.3, -0.25) is 4.79 Å². The van der Waals surface area contributed by atoms with Crippen molar-refractivity contribution in [2.45, 2.75) is 18.7 Å². The molecule has 1 atom stereocenters. The van der Waals surface area contributed by atoms with Crippen molar-refractivity contribution >= 4 is 11.6 Å². The van der Waals surface area contributed by atoms with E-state index in [9.17, 15) is 23.1 Å². The third kappa shape index (κ3) is 3.83. The monoisotopic (exact) mass is 364 g/mol. The van der Waals surface area contributed by atoms with Crippen LogP contribution in [0.1, 0.15) is 33.2 Å². The zero-order chi connectivity index (χ0) is 18.9. The smallest absolute Gasteiger partial charge is 0.387 e. The Morgan fingerprint density at radius 1 is 1.23 bits per heavy atom. The molecule has 138 valence electrons. The summed E-state index contributed by atoms with van der Waals surface area (Å²) in [5.41, 5.74) is 2.29. The summed E-state index contributed by atoms with van der Waals surface area (Å²) >= 11 is 0. The van der Waals surface area contributed by atoms with Crippen LogP contribution < -0.4 is 10.2 Å². The molecule has 1 heterocycles. The van der Waals surface area contributed by atoms with Crippen molar-refractivity contribution in [2.75, 3.05) is 25.0 Å². The average Bonchev–Trinajstić information content (AvgIpc) is 2.99. The van der Waals surface area contributed by atoms with Crippen molar-refractivity contribution < 1.29 is 23.1 Å². The molecule has 2 aromatic carbocycles. The number of likely N-dealkylation sites (N-methyl/N-ethyl adjacent to an activating group) is 1. The number of rotatable bonds is 4. The first kappa shape index (κ1) is 18.3. The molecule has 1 aliphatic rings. The van der Waals surface area contributed by atoms with Crippen LogP contribution in [0, 0.1) is 0 Å². The highest BCUT2D eigenvalue weighted by Crippen LogP contribution is 2.30. The van der Waals surface area contributed by atoms with Gasteiger partial charge in [0.1, 0.15) is 0 Å². The van der Waals surface area contributed by atoms with Crippen molar-refractivity contribution in [3.05, 3.63) is 64.7 Å². The Balaban J connectivity index is 1.61. The predicted octanol–water partition coefficient (Wildman–Crippen LogP) is 3.16. The molecule has 0 radical (unpaired) electrons. The minimum atomic E-state index is -4.44. The van der Waals surface area contributed by atoms with Gasteiger partial charge in [0.25, 0.3) is 5.91 Å². The lowest BCUT2D eigenvalue weighted by atomic mass is 10.0. The van der Waals surface area contributed by atoms with Gasteiger partial charge in [-0.15, -0.1) is 0 Å². The maximum absolute atomic E-state index is 12.5. The lowest BCUT2D eigenvalue weighted by Crippen LogP contribution is -2.28. The van der Waals surface area contributed by atoms with E-state index in [-0.39, 0.29) is 12.1 Å². The normalized spacial score (nSPS) is 14.9. The zero-order valence-corrected chi connectivity index (χ0v) is 14.2. The zero-order valence-electron chi connectivity index (χ0n) is 14.2. The standard InChI is InChI=1S/C19H19F3N2O2/c1-24-9-8-13-10-14(4-7-16(13)24)17(25)11-23-18(26)12-2-5-15(6-3-12)19(20,21)22/h2-7,10,17,25H,8-9,11H2,1H3,(H,23,26). The first-order valence-corrected chi connectivity index (χ1v) is 8.23. The minimum Gasteiger partial charge on any atom is -0.387 e. The van der Waals surface area contributed by atoms with Crippen LogP contribution in [0.4, 0.5) is 18.9 Å². The van der Waals surface area contributed by atoms with Crippen LogP contribution in [0.15, 0.2) is 42.5 Å². The lowest BCUT2D eigenvalue weighted by Gasteiger charge is -2.15. The number of benzene rings is 2. The van der Waals surface area contributed by atoms with Gasteiger partial charge in [0.2, 0.25) is 0 Å². The molecular weight excluding hydrogens is 345 g/mol. The number of aliphatic hydroxyl groups excluding tert-OH is 1. The lowest BCUT2D eigenvalue weighted by molar-refractivity contribution is -0.137. The molecule has 1 aliphatic heterocycles. The summed E-state index contributed by atoms with van der Waals surface area (Å²) in [6.45, 7) is 0.911. The number of alkyl halides is 3. The second-order valence-electron chi connectivity index (χ2n) is 6.36. The number of nitrogens with one attached hydrogen (secondary N) is 1. The Kier molecular flexibility index (Phi) is 4.91. The van der Waals surface area contributed by atoms with Gasteiger partial charge in [0, 0.05) is 31.4 Å². The van der Waals surface area contributed by atoms with Crippen LogP contribution in [-0.2, 0) is 12.6 Å². The molecule has 0 fully saturated rings. The Hall–Kier alpha value is -2.54. The summed E-state index contributed by atoms with van der Waals surface area (Å²) < 4.78 is 37.6. The van der Waals surface area contributed by atoms with Crippen LogP contribution in [0.2, 0.25) is 0 Å². The number of hydrogen-bond donors (Lipinski definition) is 2. The molecule has 0 bridgehead atoms. The fraction of sp³-hybridized carbons (Fsp3) is 0.316. The van der Waals surface area contributed by atoms with Crippen LogP contribution in [0.3, 0.4) is 0 Å². The van der Waals surface area contributed by atoms with E-state index >= 15 is 0 Å². The molecule has 0 saturated heterocycles. The number of carbonyl (C=O) groups is 1. The van der Waals surface area contributed by atoms with E-state index in [4.69, 9.17) is 0 Å². The molecule has 3 rings (SSSR count). The van der Waals surface area contributed by atoms with Gasteiger partial charge in [-0.1, -0.05) is 12.1 Å². The second-order valence-corrected chi connectivity index (χ2v) is 6.36. The fourth-order valence-electron chi connectivity index (χ4n) is 3.01. The summed E-state index contributed by atoms with van der Waals surface area (Å²) in [5, 5.41) is 12.8. The predicted molar refractivity (Wildman–Crippen MR) is 92.2 cm³/mol. The molecule has 0 aromatic heterocycles. The summed E-state index contributed by atoms with van der Waals surface area (Å²) in [4.78, 5) is 14.2. The molecule has 2 aromatic rings. The van der Waals surface area contributed by atoms with Crippen LogP contribution in [0.25, 0.3) is 0 Å². The van der Waals surface area contributed by atoms with E-state index < -0.39 is 23.8 Å². The number of halogens is 3. The molecule has 4 nitrogen and oxygen atoms in total. The third-order valence-electron chi connectivity index (χ3n) is 4.55. The number of carbonyl (C=O) groups excluding carboxylic acids is 1. The molecule has 2 N–H and O–H groups in total. The first-order valence-electron chi connectivity index (χ1n) is 8.23. The third-order valence-corrected chi connectivity index (χ3v) is 4.55. The molecule has 0 aliphatic carbocycles. The molecule has 26 heavy (non-hydrogen) atoms. The summed E-state index contributed by atoms with van der Waals surface area (Å²) in [7, 11) is 2.01. The number of amides is 1. The average molecular weight is 364 g/mol. The second kappa shape index (κ2) is 6.99. The van der Waals surface area contributed by atoms with E-state index in [1.165, 1.54) is 0 Å². The maximum atomic E-state index is 12.5. The number of nitrogens with zero attached hydrogens (tertiary/aromatic N) is 1. The SMILES string of the molecule is CN1CCc2cc(C(O)CNC(=O)c3ccc(C(F)(F)F)cc3)ccc21. The maximum Gasteiger partial charge on any atom is 0.416 e. The number of fused-ring (bicyclic) bond motifs is 1. The summed E-state index contributed by atoms with van der Waals surface area (Å²) in [6.07, 6.45) is -4.42. The van der Waals surface area contributed by atoms with E-state index in [0.29, 0.717) is 5.56 Å². The number of aliphatic hydroxyl groups is 1. The Morgan fingerprint density at radius 3 is 2.58 bits per heavy atom. The molecule has 0 saturated carbocycles. The summed E-state index contributed by atoms with van der Waals surface area (Å²) in [5.74, 6) is -0.529. The largest absolute Gasteiger partial charge is 0.416 e. The van der Waals surface area contributed by atoms with Crippen molar-refractivity contribution in [3.63, 3.8) is 0 Å². The van der Waals surface area contributed by atoms with Crippen molar-refractivity contribution in [2.24, 2.45) is 0 Å². The van der Waals surface area contributed by atoms with E-state index in [1.54, 1.807) is 0 Å². The Bertz CT molecular complexity index is 803. The van der Waals surface area contributed by atoms with Crippen molar-refractivity contribution in [3.8, 4) is 0 Å². The van der Waals surface area contributed by atoms with Crippen LogP contribution in [0.5, 0.6) is 0 Å². The van der Waals surface area contributed by atoms with Crippen molar-refractivity contribution in [1.82, 2.24) is 5.32 Å². The Labute approximate surface area is 149 Å². The Morgan fingerprint density at radius 2 is 1.92 bits per heavy atom. The highest BCUT2D eigenvalue weighted by molar-refractivity contribution is 5.94. The number of hydrogen-bond acceptors (Lipinski definition) is 3. The van der Waals surface area contributed by atoms with Crippen LogP contribution >= 0.6 is 0 Å². The summed E-state index contributed by atoms with van der Waals surface area (Å²) in [6, 6.07) is 9.65. The van der Waals surface area contributed by atoms with Crippen LogP contribution in [-0.4, -0.2) is 31.2 Å². The first-order chi connectivity index (χ1) is 12.3. The quantitative estimate of drug-likeness (QED) is 0.876. The topological polar surface area (TPSA) is 52.6 Å². The van der Waals surface area contributed by atoms with Gasteiger partial charge in [-0.05, 0) is 47.9 Å². The number of anilines is 1. The van der Waals surface area contributed by atoms with Gasteiger partial charge in [-0.2, -0.15) is 13.2 Å². The van der Waals surface area contributed by atoms with Crippen molar-refractivity contribution in [1.29, 1.82) is 0 Å². The van der Waals surface area contributed by atoms with Gasteiger partial charge >= 0.3 is 6.18 Å². The molecule has 7 heteroatoms. The molecular formula is C19H19F3N2O2. The van der Waals surface area contributed by atoms with E-state index in [2.05, 4.69) is 10.2 Å². The highest BCUT2D eigenvalue weighted by atomic mass is 19.4. The van der Waals surface area contributed by atoms with E-state index in [0.717, 1.165) is 48.5 Å². The molecule has 1 amide bonds. The van der Waals surface area contributed by atoms with Gasteiger partial charge in [0.05, 0.1) is 11.7 Å². The highest BCUT2D eigenvalue weighted by Gasteiger charge is 2.30. The van der Waals surface area contributed by atoms with Gasteiger partial charge in [-0.25, -0.2) is 0 Å². The van der Waals surface area contributed by atoms with Gasteiger partial charge in [0.15, 0.2) is 0 Å².